The smallest absolute Gasteiger partial charge is 0.254 e. The Kier molecular flexibility index (Phi) is 9.36. The van der Waals surface area contributed by atoms with Crippen LogP contribution in [0, 0.1) is 12.8 Å². The molecule has 3 N–H and O–H groups in total. The van der Waals surface area contributed by atoms with Crippen molar-refractivity contribution in [3.8, 4) is 0 Å². The Morgan fingerprint density at radius 2 is 1.97 bits per heavy atom. The second-order valence-electron chi connectivity index (χ2n) is 9.17. The summed E-state index contributed by atoms with van der Waals surface area (Å²) in [4.78, 5) is 56.1. The number of hydrogen-bond donors (Lipinski definition) is 3. The highest BCUT2D eigenvalue weighted by molar-refractivity contribution is 7.13. The van der Waals surface area contributed by atoms with Gasteiger partial charge in [0.1, 0.15) is 12.6 Å². The molecule has 188 valence electrons. The van der Waals surface area contributed by atoms with Crippen LogP contribution >= 0.6 is 11.3 Å². The normalized spacial score (nSPS) is 15.8. The number of aryl methyl sites for hydroxylation is 1. The molecular weight excluding hydrogens is 466 g/mol. The number of rotatable bonds is 9. The molecule has 2 heterocycles. The molecule has 1 aromatic heterocycles. The lowest BCUT2D eigenvalue weighted by molar-refractivity contribution is -0.128. The van der Waals surface area contributed by atoms with Gasteiger partial charge in [0.25, 0.3) is 5.91 Å². The summed E-state index contributed by atoms with van der Waals surface area (Å²) in [5.41, 5.74) is 1.94. The van der Waals surface area contributed by atoms with Crippen molar-refractivity contribution in [2.45, 2.75) is 52.5 Å². The number of amides is 4. The van der Waals surface area contributed by atoms with E-state index >= 15 is 0 Å². The van der Waals surface area contributed by atoms with E-state index in [1.54, 1.807) is 16.3 Å². The van der Waals surface area contributed by atoms with Crippen LogP contribution in [0.5, 0.6) is 0 Å². The fraction of sp³-hybridized carbons (Fsp3) is 0.480. The van der Waals surface area contributed by atoms with Crippen molar-refractivity contribution >= 4 is 40.1 Å². The fourth-order valence-electron chi connectivity index (χ4n) is 3.91. The summed E-state index contributed by atoms with van der Waals surface area (Å²) in [7, 11) is 0. The van der Waals surface area contributed by atoms with E-state index < -0.39 is 6.04 Å². The molecule has 0 aliphatic carbocycles. The van der Waals surface area contributed by atoms with E-state index in [0.717, 1.165) is 18.4 Å². The minimum atomic E-state index is -0.527. The third-order valence-corrected chi connectivity index (χ3v) is 6.40. The quantitative estimate of drug-likeness (QED) is 0.490. The van der Waals surface area contributed by atoms with Gasteiger partial charge in [-0.15, -0.1) is 11.3 Å². The van der Waals surface area contributed by atoms with Crippen LogP contribution in [-0.4, -0.2) is 59.2 Å². The molecule has 2 aromatic rings. The number of carbonyl (C=O) groups excluding carboxylic acids is 4. The van der Waals surface area contributed by atoms with Gasteiger partial charge in [0.05, 0.1) is 12.1 Å². The number of aromatic nitrogens is 1. The first-order chi connectivity index (χ1) is 16.7. The van der Waals surface area contributed by atoms with Gasteiger partial charge in [-0.25, -0.2) is 4.98 Å². The molecule has 0 radical (unpaired) electrons. The first-order valence-electron chi connectivity index (χ1n) is 11.9. The van der Waals surface area contributed by atoms with E-state index in [1.807, 2.05) is 39.0 Å². The second kappa shape index (κ2) is 12.4. The van der Waals surface area contributed by atoms with Crippen LogP contribution in [0.2, 0.25) is 0 Å². The van der Waals surface area contributed by atoms with Gasteiger partial charge in [-0.2, -0.15) is 0 Å². The van der Waals surface area contributed by atoms with Crippen molar-refractivity contribution in [1.29, 1.82) is 0 Å². The van der Waals surface area contributed by atoms with Crippen molar-refractivity contribution < 1.29 is 19.2 Å². The van der Waals surface area contributed by atoms with E-state index in [1.165, 1.54) is 11.3 Å². The lowest BCUT2D eigenvalue weighted by Crippen LogP contribution is -2.46. The Labute approximate surface area is 209 Å². The second-order valence-corrected chi connectivity index (χ2v) is 10.0. The molecule has 0 spiro atoms. The summed E-state index contributed by atoms with van der Waals surface area (Å²) < 4.78 is 0. The van der Waals surface area contributed by atoms with E-state index in [0.29, 0.717) is 35.9 Å². The highest BCUT2D eigenvalue weighted by Gasteiger charge is 2.24. The van der Waals surface area contributed by atoms with Gasteiger partial charge in [0, 0.05) is 24.0 Å². The number of benzene rings is 1. The molecule has 1 atom stereocenters. The Morgan fingerprint density at radius 1 is 1.20 bits per heavy atom. The molecule has 0 saturated carbocycles. The number of anilines is 1. The van der Waals surface area contributed by atoms with Gasteiger partial charge in [-0.05, 0) is 43.7 Å². The zero-order chi connectivity index (χ0) is 25.4. The molecule has 1 unspecified atom stereocenters. The number of carbonyl (C=O) groups is 4. The molecule has 1 aliphatic rings. The molecule has 4 amide bonds. The Balaban J connectivity index is 1.56. The van der Waals surface area contributed by atoms with Crippen LogP contribution in [0.25, 0.3) is 0 Å². The average Bonchev–Trinajstić information content (AvgIpc) is 3.12. The molecule has 1 fully saturated rings. The molecular formula is C25H33N5O4S. The first kappa shape index (κ1) is 26.3. The van der Waals surface area contributed by atoms with Gasteiger partial charge < -0.3 is 20.9 Å². The third-order valence-electron chi connectivity index (χ3n) is 5.59. The number of nitrogens with one attached hydrogen (secondary N) is 3. The van der Waals surface area contributed by atoms with Crippen molar-refractivity contribution in [3.63, 3.8) is 0 Å². The van der Waals surface area contributed by atoms with Crippen molar-refractivity contribution in [2.24, 2.45) is 5.92 Å². The topological polar surface area (TPSA) is 120 Å². The number of thiazole rings is 1. The maximum absolute atomic E-state index is 13.1. The summed E-state index contributed by atoms with van der Waals surface area (Å²) in [5, 5.41) is 10.4. The zero-order valence-electron chi connectivity index (χ0n) is 20.4. The van der Waals surface area contributed by atoms with Crippen LogP contribution in [0.3, 0.4) is 0 Å². The van der Waals surface area contributed by atoms with Gasteiger partial charge in [0.2, 0.25) is 17.7 Å². The third kappa shape index (κ3) is 7.88. The number of hydrogen-bond acceptors (Lipinski definition) is 6. The zero-order valence-corrected chi connectivity index (χ0v) is 21.2. The average molecular weight is 500 g/mol. The molecule has 1 saturated heterocycles. The molecule has 1 aromatic carbocycles. The van der Waals surface area contributed by atoms with Crippen molar-refractivity contribution in [1.82, 2.24) is 20.5 Å². The molecule has 10 heteroatoms. The van der Waals surface area contributed by atoms with Crippen molar-refractivity contribution in [3.05, 3.63) is 46.5 Å². The van der Waals surface area contributed by atoms with Crippen LogP contribution < -0.4 is 16.0 Å². The van der Waals surface area contributed by atoms with Crippen LogP contribution in [0.4, 0.5) is 5.13 Å². The number of nitrogens with zero attached hydrogens (tertiary/aromatic N) is 2. The molecule has 1 aliphatic heterocycles. The van der Waals surface area contributed by atoms with E-state index in [2.05, 4.69) is 20.9 Å². The Bertz CT molecular complexity index is 1070. The monoisotopic (exact) mass is 499 g/mol. The van der Waals surface area contributed by atoms with Gasteiger partial charge in [0.15, 0.2) is 5.13 Å². The highest BCUT2D eigenvalue weighted by atomic mass is 32.1. The van der Waals surface area contributed by atoms with Gasteiger partial charge in [-0.3, -0.25) is 19.2 Å². The summed E-state index contributed by atoms with van der Waals surface area (Å²) in [6.07, 6.45) is 2.40. The van der Waals surface area contributed by atoms with E-state index in [4.69, 9.17) is 0 Å². The predicted molar refractivity (Wildman–Crippen MR) is 135 cm³/mol. The lowest BCUT2D eigenvalue weighted by atomic mass is 10.1. The molecule has 0 bridgehead atoms. The Hall–Kier alpha value is -3.27. The minimum Gasteiger partial charge on any atom is -0.354 e. The SMILES string of the molecule is Cc1ccccc1C(=O)N(CC(=O)Nc1nc(CC(=O)NC2CCCCNC2=O)cs1)CC(C)C. The summed E-state index contributed by atoms with van der Waals surface area (Å²) in [6, 6.07) is 6.79. The van der Waals surface area contributed by atoms with E-state index in [-0.39, 0.29) is 42.5 Å². The maximum atomic E-state index is 13.1. The highest BCUT2D eigenvalue weighted by Crippen LogP contribution is 2.17. The molecule has 9 nitrogen and oxygen atoms in total. The van der Waals surface area contributed by atoms with Crippen molar-refractivity contribution in [2.75, 3.05) is 25.0 Å². The summed E-state index contributed by atoms with van der Waals surface area (Å²) in [6.45, 7) is 6.83. The summed E-state index contributed by atoms with van der Waals surface area (Å²) in [5.74, 6) is -0.800. The minimum absolute atomic E-state index is 0.0153. The molecule has 35 heavy (non-hydrogen) atoms. The summed E-state index contributed by atoms with van der Waals surface area (Å²) >= 11 is 1.21. The van der Waals surface area contributed by atoms with Gasteiger partial charge in [-0.1, -0.05) is 32.0 Å². The lowest BCUT2D eigenvalue weighted by Gasteiger charge is -2.24. The Morgan fingerprint density at radius 3 is 2.71 bits per heavy atom. The van der Waals surface area contributed by atoms with Gasteiger partial charge >= 0.3 is 0 Å². The standard InChI is InChI=1S/C25H33N5O4S/c1-16(2)13-30(24(34)19-9-5-4-8-17(19)3)14-22(32)29-25-27-18(15-35-25)12-21(31)28-20-10-6-7-11-26-23(20)33/h4-5,8-9,15-16,20H,6-7,10-14H2,1-3H3,(H,26,33)(H,28,31)(H,27,29,32). The molecule has 3 rings (SSSR count). The fourth-order valence-corrected chi connectivity index (χ4v) is 4.63. The first-order valence-corrected chi connectivity index (χ1v) is 12.8. The maximum Gasteiger partial charge on any atom is 0.254 e. The predicted octanol–water partition coefficient (Wildman–Crippen LogP) is 2.52. The van der Waals surface area contributed by atoms with E-state index in [9.17, 15) is 19.2 Å². The largest absolute Gasteiger partial charge is 0.354 e. The van der Waals surface area contributed by atoms with Crippen LogP contribution in [-0.2, 0) is 20.8 Å². The van der Waals surface area contributed by atoms with Crippen LogP contribution in [0.1, 0.15) is 54.7 Å². The van der Waals surface area contributed by atoms with Crippen LogP contribution in [0.15, 0.2) is 29.6 Å².